The molecule has 2 rings (SSSR count). The smallest absolute Gasteiger partial charge is 0.242 e. The molecule has 1 N–H and O–H groups in total. The van der Waals surface area contributed by atoms with Crippen molar-refractivity contribution in [3.8, 4) is 0 Å². The van der Waals surface area contributed by atoms with E-state index < -0.39 is 5.38 Å². The van der Waals surface area contributed by atoms with Crippen LogP contribution in [-0.2, 0) is 4.79 Å². The number of hydrogen-bond donors (Lipinski definition) is 1. The molecule has 19 heavy (non-hydrogen) atoms. The van der Waals surface area contributed by atoms with Crippen molar-refractivity contribution in [1.82, 2.24) is 5.32 Å². The van der Waals surface area contributed by atoms with E-state index in [0.717, 1.165) is 22.9 Å². The van der Waals surface area contributed by atoms with Gasteiger partial charge in [-0.25, -0.2) is 0 Å². The van der Waals surface area contributed by atoms with Crippen LogP contribution in [0.5, 0.6) is 0 Å². The minimum atomic E-state index is -0.671. The van der Waals surface area contributed by atoms with Gasteiger partial charge in [0.1, 0.15) is 5.38 Å². The van der Waals surface area contributed by atoms with Crippen molar-refractivity contribution in [2.24, 2.45) is 0 Å². The summed E-state index contributed by atoms with van der Waals surface area (Å²) in [7, 11) is 0. The van der Waals surface area contributed by atoms with Gasteiger partial charge in [0.25, 0.3) is 0 Å². The van der Waals surface area contributed by atoms with Crippen molar-refractivity contribution in [3.63, 3.8) is 0 Å². The Labute approximate surface area is 132 Å². The van der Waals surface area contributed by atoms with E-state index in [2.05, 4.69) is 21.2 Å². The molecule has 0 radical (unpaired) electrons. The second-order valence-corrected chi connectivity index (χ2v) is 6.58. The van der Waals surface area contributed by atoms with Gasteiger partial charge in [-0.1, -0.05) is 36.9 Å². The molecular weight excluding hydrogens is 349 g/mol. The van der Waals surface area contributed by atoms with Gasteiger partial charge in [-0.3, -0.25) is 4.79 Å². The summed E-state index contributed by atoms with van der Waals surface area (Å²) in [4.78, 5) is 12.1. The zero-order chi connectivity index (χ0) is 13.8. The normalized spacial score (nSPS) is 18.1. The molecular formula is C14H16BrCl2NO. The second kappa shape index (κ2) is 6.96. The maximum absolute atomic E-state index is 12.1. The maximum Gasteiger partial charge on any atom is 0.242 e. The Morgan fingerprint density at radius 3 is 2.63 bits per heavy atom. The highest BCUT2D eigenvalue weighted by molar-refractivity contribution is 9.10. The number of nitrogens with one attached hydrogen (secondary N) is 1. The minimum absolute atomic E-state index is 0.122. The molecule has 104 valence electrons. The van der Waals surface area contributed by atoms with Gasteiger partial charge in [0.2, 0.25) is 5.91 Å². The van der Waals surface area contributed by atoms with Crippen molar-refractivity contribution >= 4 is 45.0 Å². The quantitative estimate of drug-likeness (QED) is 0.764. The largest absolute Gasteiger partial charge is 0.352 e. The Balaban J connectivity index is 1.99. The minimum Gasteiger partial charge on any atom is -0.352 e. The SMILES string of the molecule is O=C(NC1CCCCC1)C(Cl)c1ccc(Cl)c(Br)c1. The van der Waals surface area contributed by atoms with Crippen LogP contribution in [0, 0.1) is 0 Å². The summed E-state index contributed by atoms with van der Waals surface area (Å²) < 4.78 is 0.753. The first-order valence-electron chi connectivity index (χ1n) is 6.47. The first-order chi connectivity index (χ1) is 9.08. The van der Waals surface area contributed by atoms with Gasteiger partial charge in [-0.2, -0.15) is 0 Å². The highest BCUT2D eigenvalue weighted by atomic mass is 79.9. The molecule has 0 heterocycles. The molecule has 1 aliphatic carbocycles. The fourth-order valence-electron chi connectivity index (χ4n) is 2.34. The lowest BCUT2D eigenvalue weighted by Gasteiger charge is -2.24. The molecule has 1 atom stereocenters. The maximum atomic E-state index is 12.1. The van der Waals surface area contributed by atoms with E-state index in [0.29, 0.717) is 5.02 Å². The molecule has 1 unspecified atom stereocenters. The number of amides is 1. The molecule has 1 aromatic rings. The fourth-order valence-corrected chi connectivity index (χ4v) is 3.06. The van der Waals surface area contributed by atoms with Gasteiger partial charge >= 0.3 is 0 Å². The van der Waals surface area contributed by atoms with Crippen LogP contribution in [0.4, 0.5) is 0 Å². The summed E-state index contributed by atoms with van der Waals surface area (Å²) in [5.74, 6) is -0.122. The summed E-state index contributed by atoms with van der Waals surface area (Å²) in [6, 6.07) is 5.59. The monoisotopic (exact) mass is 363 g/mol. The summed E-state index contributed by atoms with van der Waals surface area (Å²) in [6.45, 7) is 0. The number of carbonyl (C=O) groups is 1. The van der Waals surface area contributed by atoms with Gasteiger partial charge < -0.3 is 5.32 Å². The number of benzene rings is 1. The molecule has 1 aromatic carbocycles. The molecule has 0 spiro atoms. The molecule has 0 aliphatic heterocycles. The number of alkyl halides is 1. The lowest BCUT2D eigenvalue weighted by atomic mass is 9.95. The van der Waals surface area contributed by atoms with Gasteiger partial charge in [0, 0.05) is 10.5 Å². The van der Waals surface area contributed by atoms with E-state index in [4.69, 9.17) is 23.2 Å². The number of halogens is 3. The molecule has 0 saturated heterocycles. The zero-order valence-corrected chi connectivity index (χ0v) is 13.6. The topological polar surface area (TPSA) is 29.1 Å². The molecule has 0 bridgehead atoms. The third kappa shape index (κ3) is 4.11. The standard InChI is InChI=1S/C14H16BrCl2NO/c15-11-8-9(6-7-12(11)16)13(17)14(19)18-10-4-2-1-3-5-10/h6-8,10,13H,1-5H2,(H,18,19). The van der Waals surface area contributed by atoms with E-state index in [1.54, 1.807) is 18.2 Å². The van der Waals surface area contributed by atoms with Crippen molar-refractivity contribution in [3.05, 3.63) is 33.3 Å². The lowest BCUT2D eigenvalue weighted by Crippen LogP contribution is -2.38. The first-order valence-corrected chi connectivity index (χ1v) is 8.08. The number of rotatable bonds is 3. The predicted molar refractivity (Wildman–Crippen MR) is 82.8 cm³/mol. The summed E-state index contributed by atoms with van der Waals surface area (Å²) in [5, 5.41) is 2.97. The second-order valence-electron chi connectivity index (χ2n) is 4.88. The molecule has 1 saturated carbocycles. The van der Waals surface area contributed by atoms with Crippen molar-refractivity contribution in [2.45, 2.75) is 43.5 Å². The third-order valence-electron chi connectivity index (χ3n) is 3.42. The van der Waals surface area contributed by atoms with Gasteiger partial charge in [0.15, 0.2) is 0 Å². The van der Waals surface area contributed by atoms with E-state index >= 15 is 0 Å². The van der Waals surface area contributed by atoms with Crippen molar-refractivity contribution in [2.75, 3.05) is 0 Å². The van der Waals surface area contributed by atoms with Gasteiger partial charge in [-0.05, 0) is 46.5 Å². The Hall–Kier alpha value is -0.250. The van der Waals surface area contributed by atoms with Crippen molar-refractivity contribution in [1.29, 1.82) is 0 Å². The number of carbonyl (C=O) groups excluding carboxylic acids is 1. The van der Waals surface area contributed by atoms with E-state index in [9.17, 15) is 4.79 Å². The molecule has 1 amide bonds. The highest BCUT2D eigenvalue weighted by Gasteiger charge is 2.22. The Kier molecular flexibility index (Phi) is 5.55. The highest BCUT2D eigenvalue weighted by Crippen LogP contribution is 2.29. The van der Waals surface area contributed by atoms with Crippen LogP contribution in [0.25, 0.3) is 0 Å². The van der Waals surface area contributed by atoms with E-state index in [1.807, 2.05) is 0 Å². The van der Waals surface area contributed by atoms with Crippen LogP contribution in [0.3, 0.4) is 0 Å². The molecule has 1 fully saturated rings. The van der Waals surface area contributed by atoms with Crippen LogP contribution >= 0.6 is 39.1 Å². The first kappa shape index (κ1) is 15.1. The zero-order valence-electron chi connectivity index (χ0n) is 10.5. The van der Waals surface area contributed by atoms with Crippen LogP contribution in [-0.4, -0.2) is 11.9 Å². The summed E-state index contributed by atoms with van der Waals surface area (Å²) >= 11 is 15.5. The van der Waals surface area contributed by atoms with E-state index in [1.165, 1.54) is 19.3 Å². The van der Waals surface area contributed by atoms with Crippen LogP contribution in [0.2, 0.25) is 5.02 Å². The fraction of sp³-hybridized carbons (Fsp3) is 0.500. The Morgan fingerprint density at radius 2 is 2.00 bits per heavy atom. The lowest BCUT2D eigenvalue weighted by molar-refractivity contribution is -0.121. The Morgan fingerprint density at radius 1 is 1.32 bits per heavy atom. The summed E-state index contributed by atoms with van der Waals surface area (Å²) in [6.07, 6.45) is 5.74. The van der Waals surface area contributed by atoms with Gasteiger partial charge in [-0.15, -0.1) is 11.6 Å². The molecule has 2 nitrogen and oxygen atoms in total. The van der Waals surface area contributed by atoms with Crippen molar-refractivity contribution < 1.29 is 4.79 Å². The van der Waals surface area contributed by atoms with Crippen LogP contribution < -0.4 is 5.32 Å². The average molecular weight is 365 g/mol. The van der Waals surface area contributed by atoms with Crippen LogP contribution in [0.1, 0.15) is 43.0 Å². The van der Waals surface area contributed by atoms with Crippen LogP contribution in [0.15, 0.2) is 22.7 Å². The van der Waals surface area contributed by atoms with E-state index in [-0.39, 0.29) is 11.9 Å². The third-order valence-corrected chi connectivity index (χ3v) is 5.08. The Bertz CT molecular complexity index is 461. The number of hydrogen-bond acceptors (Lipinski definition) is 1. The van der Waals surface area contributed by atoms with Gasteiger partial charge in [0.05, 0.1) is 5.02 Å². The average Bonchev–Trinajstić information content (AvgIpc) is 2.42. The summed E-state index contributed by atoms with van der Waals surface area (Å²) in [5.41, 5.74) is 0.756. The molecule has 1 aliphatic rings. The molecule has 5 heteroatoms. The predicted octanol–water partition coefficient (Wildman–Crippen LogP) is 4.83. The molecule has 0 aromatic heterocycles.